The van der Waals surface area contributed by atoms with Crippen LogP contribution >= 0.6 is 0 Å². The molecule has 19 heavy (non-hydrogen) atoms. The molecule has 1 heterocycles. The first-order valence-corrected chi connectivity index (χ1v) is 5.97. The van der Waals surface area contributed by atoms with Crippen molar-refractivity contribution in [2.24, 2.45) is 0 Å². The Bertz CT molecular complexity index is 687. The molecule has 0 saturated carbocycles. The van der Waals surface area contributed by atoms with Gasteiger partial charge in [-0.1, -0.05) is 48.6 Å². The molecule has 92 valence electrons. The van der Waals surface area contributed by atoms with Gasteiger partial charge in [-0.25, -0.2) is 0 Å². The van der Waals surface area contributed by atoms with Crippen molar-refractivity contribution in [1.82, 2.24) is 5.32 Å². The Labute approximate surface area is 110 Å². The third-order valence-corrected chi connectivity index (χ3v) is 3.03. The molecule has 2 aromatic rings. The summed E-state index contributed by atoms with van der Waals surface area (Å²) in [6.45, 7) is 0. The van der Waals surface area contributed by atoms with Gasteiger partial charge in [-0.05, 0) is 23.3 Å². The van der Waals surface area contributed by atoms with Gasteiger partial charge in [0.15, 0.2) is 0 Å². The number of carbonyl (C=O) groups excluding carboxylic acids is 2. The van der Waals surface area contributed by atoms with Crippen LogP contribution in [0.3, 0.4) is 0 Å². The molecule has 0 aliphatic carbocycles. The summed E-state index contributed by atoms with van der Waals surface area (Å²) >= 11 is 0. The zero-order valence-corrected chi connectivity index (χ0v) is 10.1. The van der Waals surface area contributed by atoms with E-state index < -0.39 is 0 Å². The highest BCUT2D eigenvalue weighted by Gasteiger charge is 2.26. The number of carbonyl (C=O) groups is 2. The van der Waals surface area contributed by atoms with Crippen LogP contribution in [-0.4, -0.2) is 11.8 Å². The smallest absolute Gasteiger partial charge is 0.258 e. The predicted molar refractivity (Wildman–Crippen MR) is 73.6 cm³/mol. The van der Waals surface area contributed by atoms with Crippen molar-refractivity contribution >= 4 is 24.0 Å². The largest absolute Gasteiger partial charge is 0.288 e. The van der Waals surface area contributed by atoms with Gasteiger partial charge in [0.25, 0.3) is 11.8 Å². The summed E-state index contributed by atoms with van der Waals surface area (Å²) in [5.41, 5.74) is 2.87. The van der Waals surface area contributed by atoms with Crippen LogP contribution in [0.15, 0.2) is 48.5 Å². The maximum absolute atomic E-state index is 11.5. The lowest BCUT2D eigenvalue weighted by molar-refractivity contribution is 0.0879. The van der Waals surface area contributed by atoms with Crippen LogP contribution in [0, 0.1) is 0 Å². The standard InChI is InChI=1S/C16H11NO2/c18-15-13-9-8-12(10-14(13)16(19)17-15)7-6-11-4-2-1-3-5-11/h1-10H,(H,17,18,19)/b7-6+. The minimum atomic E-state index is -0.324. The number of nitrogens with one attached hydrogen (secondary N) is 1. The Balaban J connectivity index is 1.92. The molecule has 1 N–H and O–H groups in total. The Kier molecular flexibility index (Phi) is 2.72. The Morgan fingerprint density at radius 2 is 1.42 bits per heavy atom. The van der Waals surface area contributed by atoms with Crippen LogP contribution in [0.5, 0.6) is 0 Å². The highest BCUT2D eigenvalue weighted by molar-refractivity contribution is 6.21. The number of benzene rings is 2. The van der Waals surface area contributed by atoms with E-state index in [1.165, 1.54) is 0 Å². The number of fused-ring (bicyclic) bond motifs is 1. The van der Waals surface area contributed by atoms with Crippen LogP contribution in [-0.2, 0) is 0 Å². The average Bonchev–Trinajstić information content (AvgIpc) is 2.73. The second-order valence-corrected chi connectivity index (χ2v) is 4.33. The fourth-order valence-corrected chi connectivity index (χ4v) is 2.05. The maximum Gasteiger partial charge on any atom is 0.258 e. The van der Waals surface area contributed by atoms with Gasteiger partial charge in [-0.2, -0.15) is 0 Å². The van der Waals surface area contributed by atoms with E-state index in [1.807, 2.05) is 48.6 Å². The monoisotopic (exact) mass is 249 g/mol. The third-order valence-electron chi connectivity index (χ3n) is 3.03. The molecule has 3 nitrogen and oxygen atoms in total. The van der Waals surface area contributed by atoms with E-state index in [9.17, 15) is 9.59 Å². The van der Waals surface area contributed by atoms with E-state index in [0.717, 1.165) is 11.1 Å². The number of hydrogen-bond donors (Lipinski definition) is 1. The second kappa shape index (κ2) is 4.53. The molecule has 2 aromatic carbocycles. The van der Waals surface area contributed by atoms with Gasteiger partial charge in [0, 0.05) is 0 Å². The molecule has 0 radical (unpaired) electrons. The lowest BCUT2D eigenvalue weighted by atomic mass is 10.0. The quantitative estimate of drug-likeness (QED) is 0.657. The minimum Gasteiger partial charge on any atom is -0.288 e. The SMILES string of the molecule is O=C1NC(=O)c2cc(/C=C/c3ccccc3)ccc21. The maximum atomic E-state index is 11.5. The topological polar surface area (TPSA) is 46.2 Å². The summed E-state index contributed by atoms with van der Waals surface area (Å²) in [6.07, 6.45) is 3.89. The molecule has 0 fully saturated rings. The van der Waals surface area contributed by atoms with Crippen molar-refractivity contribution in [3.8, 4) is 0 Å². The minimum absolute atomic E-state index is 0.321. The number of rotatable bonds is 2. The summed E-state index contributed by atoms with van der Waals surface area (Å²) in [4.78, 5) is 23.0. The lowest BCUT2D eigenvalue weighted by Gasteiger charge is -1.97. The third kappa shape index (κ3) is 2.18. The fourth-order valence-electron chi connectivity index (χ4n) is 2.05. The molecular formula is C16H11NO2. The summed E-state index contributed by atoms with van der Waals surface area (Å²) in [6, 6.07) is 15.1. The van der Waals surface area contributed by atoms with Crippen molar-refractivity contribution in [3.63, 3.8) is 0 Å². The molecule has 2 amide bonds. The van der Waals surface area contributed by atoms with Gasteiger partial charge in [0.1, 0.15) is 0 Å². The van der Waals surface area contributed by atoms with Crippen LogP contribution in [0.1, 0.15) is 31.8 Å². The van der Waals surface area contributed by atoms with Gasteiger partial charge in [0.2, 0.25) is 0 Å². The number of amides is 2. The van der Waals surface area contributed by atoms with Gasteiger partial charge in [-0.3, -0.25) is 14.9 Å². The van der Waals surface area contributed by atoms with Crippen molar-refractivity contribution < 1.29 is 9.59 Å². The van der Waals surface area contributed by atoms with E-state index in [4.69, 9.17) is 0 Å². The van der Waals surface area contributed by atoms with Crippen LogP contribution < -0.4 is 5.32 Å². The van der Waals surface area contributed by atoms with E-state index in [2.05, 4.69) is 5.32 Å². The summed E-state index contributed by atoms with van der Waals surface area (Å²) in [5, 5.41) is 2.28. The highest BCUT2D eigenvalue weighted by Crippen LogP contribution is 2.18. The van der Waals surface area contributed by atoms with Gasteiger partial charge in [0.05, 0.1) is 11.1 Å². The molecule has 0 bridgehead atoms. The summed E-state index contributed by atoms with van der Waals surface area (Å²) < 4.78 is 0. The highest BCUT2D eigenvalue weighted by atomic mass is 16.2. The normalized spacial score (nSPS) is 13.7. The zero-order valence-electron chi connectivity index (χ0n) is 10.1. The fraction of sp³-hybridized carbons (Fsp3) is 0. The van der Waals surface area contributed by atoms with Crippen LogP contribution in [0.2, 0.25) is 0 Å². The molecule has 3 rings (SSSR count). The molecule has 0 saturated heterocycles. The molecule has 1 aliphatic heterocycles. The van der Waals surface area contributed by atoms with E-state index in [0.29, 0.717) is 11.1 Å². The number of imide groups is 1. The van der Waals surface area contributed by atoms with Gasteiger partial charge in [-0.15, -0.1) is 0 Å². The first-order chi connectivity index (χ1) is 9.24. The Morgan fingerprint density at radius 1 is 0.737 bits per heavy atom. The van der Waals surface area contributed by atoms with Gasteiger partial charge < -0.3 is 0 Å². The van der Waals surface area contributed by atoms with Crippen molar-refractivity contribution in [3.05, 3.63) is 70.8 Å². The Morgan fingerprint density at radius 3 is 2.21 bits per heavy atom. The molecule has 0 spiro atoms. The first kappa shape index (κ1) is 11.4. The molecule has 1 aliphatic rings. The van der Waals surface area contributed by atoms with Crippen molar-refractivity contribution in [2.45, 2.75) is 0 Å². The predicted octanol–water partition coefficient (Wildman–Crippen LogP) is 2.74. The van der Waals surface area contributed by atoms with Crippen LogP contribution in [0.4, 0.5) is 0 Å². The van der Waals surface area contributed by atoms with E-state index in [-0.39, 0.29) is 11.8 Å². The van der Waals surface area contributed by atoms with Crippen molar-refractivity contribution in [1.29, 1.82) is 0 Å². The van der Waals surface area contributed by atoms with E-state index in [1.54, 1.807) is 12.1 Å². The van der Waals surface area contributed by atoms with Gasteiger partial charge >= 0.3 is 0 Å². The molecule has 3 heteroatoms. The lowest BCUT2D eigenvalue weighted by Crippen LogP contribution is -2.19. The average molecular weight is 249 g/mol. The summed E-state index contributed by atoms with van der Waals surface area (Å²) in [7, 11) is 0. The zero-order chi connectivity index (χ0) is 13.2. The van der Waals surface area contributed by atoms with E-state index >= 15 is 0 Å². The molecular weight excluding hydrogens is 238 g/mol. The molecule has 0 unspecified atom stereocenters. The summed E-state index contributed by atoms with van der Waals surface area (Å²) in [5.74, 6) is -0.645. The Hall–Kier alpha value is -2.68. The number of hydrogen-bond acceptors (Lipinski definition) is 2. The van der Waals surface area contributed by atoms with Crippen LogP contribution in [0.25, 0.3) is 12.2 Å². The second-order valence-electron chi connectivity index (χ2n) is 4.33. The van der Waals surface area contributed by atoms with Crippen molar-refractivity contribution in [2.75, 3.05) is 0 Å². The molecule has 0 atom stereocenters. The first-order valence-electron chi connectivity index (χ1n) is 5.97. The molecule has 0 aromatic heterocycles.